The van der Waals surface area contributed by atoms with Crippen LogP contribution in [0.4, 0.5) is 0 Å². The largest absolute Gasteiger partial charge is 0.508 e. The van der Waals surface area contributed by atoms with Crippen molar-refractivity contribution in [2.75, 3.05) is 6.54 Å². The van der Waals surface area contributed by atoms with E-state index in [2.05, 4.69) is 36.5 Å². The number of phenols is 1. The minimum atomic E-state index is -0.564. The number of aromatic hydroxyl groups is 1. The van der Waals surface area contributed by atoms with E-state index in [1.54, 1.807) is 24.3 Å². The molecule has 21 heavy (non-hydrogen) atoms. The molecular weight excluding hydrogens is 262 g/mol. The van der Waals surface area contributed by atoms with E-state index < -0.39 is 6.10 Å². The fourth-order valence-electron chi connectivity index (χ4n) is 3.09. The summed E-state index contributed by atoms with van der Waals surface area (Å²) in [6.07, 6.45) is 1.42. The number of fused-ring (bicyclic) bond motifs is 1. The van der Waals surface area contributed by atoms with E-state index in [0.29, 0.717) is 6.54 Å². The van der Waals surface area contributed by atoms with Crippen molar-refractivity contribution >= 4 is 0 Å². The first kappa shape index (κ1) is 14.1. The van der Waals surface area contributed by atoms with Gasteiger partial charge >= 0.3 is 0 Å². The molecule has 0 saturated carbocycles. The molecule has 3 heteroatoms. The summed E-state index contributed by atoms with van der Waals surface area (Å²) < 4.78 is 0. The lowest BCUT2D eigenvalue weighted by molar-refractivity contribution is 0.159. The highest BCUT2D eigenvalue weighted by molar-refractivity contribution is 5.36. The van der Waals surface area contributed by atoms with Gasteiger partial charge in [0.1, 0.15) is 5.75 Å². The molecule has 3 nitrogen and oxygen atoms in total. The van der Waals surface area contributed by atoms with Gasteiger partial charge in [0.05, 0.1) is 6.10 Å². The van der Waals surface area contributed by atoms with Crippen molar-refractivity contribution in [3.8, 4) is 5.75 Å². The first-order valence-electron chi connectivity index (χ1n) is 7.35. The van der Waals surface area contributed by atoms with Gasteiger partial charge in [-0.05, 0) is 48.6 Å². The SMILES string of the molecule is CC1(NC[C@H](O)c2ccc(O)cc2)Cc2ccccc2C1. The number of benzene rings is 2. The van der Waals surface area contributed by atoms with Crippen molar-refractivity contribution in [3.63, 3.8) is 0 Å². The summed E-state index contributed by atoms with van der Waals surface area (Å²) in [5, 5.41) is 23.0. The molecule has 0 fully saturated rings. The zero-order valence-electron chi connectivity index (χ0n) is 12.2. The van der Waals surface area contributed by atoms with Gasteiger partial charge < -0.3 is 15.5 Å². The minimum absolute atomic E-state index is 0.00157. The fraction of sp³-hybridized carbons (Fsp3) is 0.333. The second kappa shape index (κ2) is 5.51. The number of rotatable bonds is 4. The molecule has 0 bridgehead atoms. The van der Waals surface area contributed by atoms with Gasteiger partial charge in [0.2, 0.25) is 0 Å². The molecular formula is C18H21NO2. The topological polar surface area (TPSA) is 52.5 Å². The third-order valence-electron chi connectivity index (χ3n) is 4.28. The molecule has 2 aromatic carbocycles. The lowest BCUT2D eigenvalue weighted by Gasteiger charge is -2.27. The van der Waals surface area contributed by atoms with Gasteiger partial charge in [-0.3, -0.25) is 0 Å². The Labute approximate surface area is 125 Å². The van der Waals surface area contributed by atoms with E-state index in [0.717, 1.165) is 18.4 Å². The van der Waals surface area contributed by atoms with Crippen LogP contribution < -0.4 is 5.32 Å². The van der Waals surface area contributed by atoms with E-state index >= 15 is 0 Å². The first-order chi connectivity index (χ1) is 10.1. The van der Waals surface area contributed by atoms with Crippen molar-refractivity contribution in [3.05, 3.63) is 65.2 Å². The Morgan fingerprint density at radius 2 is 1.62 bits per heavy atom. The van der Waals surface area contributed by atoms with Crippen LogP contribution >= 0.6 is 0 Å². The van der Waals surface area contributed by atoms with Gasteiger partial charge in [-0.1, -0.05) is 36.4 Å². The van der Waals surface area contributed by atoms with Crippen molar-refractivity contribution in [1.29, 1.82) is 0 Å². The van der Waals surface area contributed by atoms with Crippen LogP contribution in [0.15, 0.2) is 48.5 Å². The molecule has 0 amide bonds. The molecule has 0 unspecified atom stereocenters. The van der Waals surface area contributed by atoms with Gasteiger partial charge in [-0.15, -0.1) is 0 Å². The van der Waals surface area contributed by atoms with E-state index in [4.69, 9.17) is 0 Å². The van der Waals surface area contributed by atoms with Crippen molar-refractivity contribution < 1.29 is 10.2 Å². The number of aliphatic hydroxyl groups excluding tert-OH is 1. The molecule has 1 aliphatic rings. The Morgan fingerprint density at radius 3 is 2.19 bits per heavy atom. The fourth-order valence-corrected chi connectivity index (χ4v) is 3.09. The molecule has 3 rings (SSSR count). The summed E-state index contributed by atoms with van der Waals surface area (Å²) in [6.45, 7) is 2.71. The standard InChI is InChI=1S/C18H21NO2/c1-18(10-14-4-2-3-5-15(14)11-18)19-12-17(21)13-6-8-16(20)9-7-13/h2-9,17,19-21H,10-12H2,1H3/t17-/m0/s1. The van der Waals surface area contributed by atoms with E-state index in [9.17, 15) is 10.2 Å². The van der Waals surface area contributed by atoms with Crippen LogP contribution in [0.25, 0.3) is 0 Å². The molecule has 0 aliphatic heterocycles. The lowest BCUT2D eigenvalue weighted by atomic mass is 9.97. The highest BCUT2D eigenvalue weighted by atomic mass is 16.3. The van der Waals surface area contributed by atoms with Gasteiger partial charge in [-0.2, -0.15) is 0 Å². The van der Waals surface area contributed by atoms with Crippen molar-refractivity contribution in [2.45, 2.75) is 31.4 Å². The number of β-amino-alcohol motifs (C(OH)–C–C–N with tert-alkyl or cyclic N) is 1. The molecule has 1 atom stereocenters. The number of hydrogen-bond acceptors (Lipinski definition) is 3. The van der Waals surface area contributed by atoms with Gasteiger partial charge in [0.15, 0.2) is 0 Å². The summed E-state index contributed by atoms with van der Waals surface area (Å²) >= 11 is 0. The van der Waals surface area contributed by atoms with Crippen LogP contribution in [0.1, 0.15) is 29.7 Å². The third-order valence-corrected chi connectivity index (χ3v) is 4.28. The maximum absolute atomic E-state index is 10.3. The van der Waals surface area contributed by atoms with Crippen molar-refractivity contribution in [1.82, 2.24) is 5.32 Å². The average molecular weight is 283 g/mol. The summed E-state index contributed by atoms with van der Waals surface area (Å²) in [5.41, 5.74) is 3.61. The van der Waals surface area contributed by atoms with E-state index in [1.165, 1.54) is 11.1 Å². The highest BCUT2D eigenvalue weighted by Crippen LogP contribution is 2.30. The van der Waals surface area contributed by atoms with Crippen LogP contribution in [0.2, 0.25) is 0 Å². The van der Waals surface area contributed by atoms with Crippen LogP contribution in [0, 0.1) is 0 Å². The van der Waals surface area contributed by atoms with E-state index in [-0.39, 0.29) is 11.3 Å². The Hall–Kier alpha value is -1.84. The maximum Gasteiger partial charge on any atom is 0.115 e. The monoisotopic (exact) mass is 283 g/mol. The summed E-state index contributed by atoms with van der Waals surface area (Å²) in [6, 6.07) is 15.2. The van der Waals surface area contributed by atoms with Gasteiger partial charge in [0, 0.05) is 12.1 Å². The Bertz CT molecular complexity index is 596. The van der Waals surface area contributed by atoms with Crippen LogP contribution in [-0.4, -0.2) is 22.3 Å². The van der Waals surface area contributed by atoms with Gasteiger partial charge in [0.25, 0.3) is 0 Å². The normalized spacial score (nSPS) is 17.4. The Kier molecular flexibility index (Phi) is 3.70. The second-order valence-electron chi connectivity index (χ2n) is 6.17. The Balaban J connectivity index is 1.62. The van der Waals surface area contributed by atoms with Crippen LogP contribution in [-0.2, 0) is 12.8 Å². The quantitative estimate of drug-likeness (QED) is 0.808. The maximum atomic E-state index is 10.3. The first-order valence-corrected chi connectivity index (χ1v) is 7.35. The average Bonchev–Trinajstić information content (AvgIpc) is 2.82. The molecule has 0 heterocycles. The summed E-state index contributed by atoms with van der Waals surface area (Å²) in [5.74, 6) is 0.220. The number of hydrogen-bond donors (Lipinski definition) is 3. The number of phenolic OH excluding ortho intramolecular Hbond substituents is 1. The second-order valence-corrected chi connectivity index (χ2v) is 6.17. The van der Waals surface area contributed by atoms with Gasteiger partial charge in [-0.25, -0.2) is 0 Å². The van der Waals surface area contributed by atoms with Crippen molar-refractivity contribution in [2.24, 2.45) is 0 Å². The molecule has 1 aliphatic carbocycles. The van der Waals surface area contributed by atoms with Crippen LogP contribution in [0.3, 0.4) is 0 Å². The number of aliphatic hydroxyl groups is 1. The molecule has 0 saturated heterocycles. The molecule has 0 spiro atoms. The van der Waals surface area contributed by atoms with Crippen LogP contribution in [0.5, 0.6) is 5.75 Å². The molecule has 3 N–H and O–H groups in total. The zero-order valence-corrected chi connectivity index (χ0v) is 12.2. The molecule has 2 aromatic rings. The lowest BCUT2D eigenvalue weighted by Crippen LogP contribution is -2.45. The third kappa shape index (κ3) is 3.09. The predicted octanol–water partition coefficient (Wildman–Crippen LogP) is 2.57. The number of nitrogens with one attached hydrogen (secondary N) is 1. The molecule has 0 radical (unpaired) electrons. The predicted molar refractivity (Wildman–Crippen MR) is 83.3 cm³/mol. The minimum Gasteiger partial charge on any atom is -0.508 e. The highest BCUT2D eigenvalue weighted by Gasteiger charge is 2.32. The summed E-state index contributed by atoms with van der Waals surface area (Å²) in [4.78, 5) is 0. The summed E-state index contributed by atoms with van der Waals surface area (Å²) in [7, 11) is 0. The zero-order chi connectivity index (χ0) is 14.9. The molecule has 0 aromatic heterocycles. The molecule has 110 valence electrons. The van der Waals surface area contributed by atoms with E-state index in [1.807, 2.05) is 0 Å². The Morgan fingerprint density at radius 1 is 1.05 bits per heavy atom. The smallest absolute Gasteiger partial charge is 0.115 e.